The molecule has 0 bridgehead atoms. The minimum absolute atomic E-state index is 0.224. The largest absolute Gasteiger partial charge is 0.393 e. The third-order valence-electron chi connectivity index (χ3n) is 4.26. The van der Waals surface area contributed by atoms with E-state index in [9.17, 15) is 9.59 Å². The highest BCUT2D eigenvalue weighted by atomic mass is 16.6. The van der Waals surface area contributed by atoms with E-state index in [1.165, 1.54) is 51.4 Å². The predicted octanol–water partition coefficient (Wildman–Crippen LogP) is 5.33. The summed E-state index contributed by atoms with van der Waals surface area (Å²) in [7, 11) is 0. The predicted molar refractivity (Wildman–Crippen MR) is 89.4 cm³/mol. The van der Waals surface area contributed by atoms with Gasteiger partial charge < -0.3 is 4.74 Å². The summed E-state index contributed by atoms with van der Waals surface area (Å²) >= 11 is 0. The van der Waals surface area contributed by atoms with Gasteiger partial charge in [0.25, 0.3) is 0 Å². The Bertz CT molecular complexity index is 347. The number of carbonyl (C=O) groups is 2. The third kappa shape index (κ3) is 9.01. The van der Waals surface area contributed by atoms with E-state index in [-0.39, 0.29) is 17.9 Å². The lowest BCUT2D eigenvalue weighted by Gasteiger charge is -2.14. The van der Waals surface area contributed by atoms with E-state index in [0.29, 0.717) is 6.42 Å². The van der Waals surface area contributed by atoms with Crippen molar-refractivity contribution in [2.45, 2.75) is 90.4 Å². The number of cyclic esters (lactones) is 2. The topological polar surface area (TPSA) is 43.4 Å². The highest BCUT2D eigenvalue weighted by Gasteiger charge is 2.22. The molecule has 0 saturated carbocycles. The average molecular weight is 308 g/mol. The number of unbranched alkanes of at least 4 members (excludes halogenated alkanes) is 8. The molecule has 0 aromatic heterocycles. The molecule has 22 heavy (non-hydrogen) atoms. The molecule has 0 spiro atoms. The van der Waals surface area contributed by atoms with Gasteiger partial charge in [-0.3, -0.25) is 9.59 Å². The summed E-state index contributed by atoms with van der Waals surface area (Å²) in [6, 6.07) is 0. The molecule has 1 atom stereocenters. The molecule has 0 aliphatic carbocycles. The van der Waals surface area contributed by atoms with Gasteiger partial charge in [-0.05, 0) is 25.7 Å². The van der Waals surface area contributed by atoms with Gasteiger partial charge in [-0.2, -0.15) is 0 Å². The van der Waals surface area contributed by atoms with Crippen molar-refractivity contribution >= 4 is 11.9 Å². The molecule has 0 aromatic rings. The van der Waals surface area contributed by atoms with Crippen LogP contribution in [0.2, 0.25) is 0 Å². The Morgan fingerprint density at radius 2 is 1.68 bits per heavy atom. The number of hydrogen-bond acceptors (Lipinski definition) is 3. The highest BCUT2D eigenvalue weighted by molar-refractivity contribution is 5.87. The molecule has 1 unspecified atom stereocenters. The minimum Gasteiger partial charge on any atom is -0.393 e. The van der Waals surface area contributed by atoms with E-state index in [2.05, 4.69) is 13.0 Å². The van der Waals surface area contributed by atoms with Crippen molar-refractivity contribution in [3.8, 4) is 0 Å². The average Bonchev–Trinajstić information content (AvgIpc) is 2.49. The summed E-state index contributed by atoms with van der Waals surface area (Å²) in [6.07, 6.45) is 18.5. The lowest BCUT2D eigenvalue weighted by molar-refractivity contribution is -0.162. The van der Waals surface area contributed by atoms with Crippen molar-refractivity contribution in [2.75, 3.05) is 0 Å². The van der Waals surface area contributed by atoms with Gasteiger partial charge in [-0.25, -0.2) is 0 Å². The summed E-state index contributed by atoms with van der Waals surface area (Å²) in [5.41, 5.74) is 0. The first-order chi connectivity index (χ1) is 10.7. The summed E-state index contributed by atoms with van der Waals surface area (Å²) in [5, 5.41) is 0. The summed E-state index contributed by atoms with van der Waals surface area (Å²) in [4.78, 5) is 23.0. The Kier molecular flexibility index (Phi) is 10.7. The van der Waals surface area contributed by atoms with Crippen LogP contribution in [0, 0.1) is 5.92 Å². The van der Waals surface area contributed by atoms with E-state index >= 15 is 0 Å². The first-order valence-corrected chi connectivity index (χ1v) is 9.15. The molecule has 1 saturated heterocycles. The van der Waals surface area contributed by atoms with Crippen molar-refractivity contribution in [3.05, 3.63) is 12.2 Å². The normalized spacial score (nSPS) is 20.0. The fourth-order valence-corrected chi connectivity index (χ4v) is 2.82. The molecule has 126 valence electrons. The third-order valence-corrected chi connectivity index (χ3v) is 4.26. The fourth-order valence-electron chi connectivity index (χ4n) is 2.82. The van der Waals surface area contributed by atoms with Crippen molar-refractivity contribution in [1.82, 2.24) is 0 Å². The molecule has 1 aliphatic heterocycles. The highest BCUT2D eigenvalue weighted by Crippen LogP contribution is 2.18. The Morgan fingerprint density at radius 1 is 1.00 bits per heavy atom. The number of allylic oxidation sites excluding steroid dienone is 1. The quantitative estimate of drug-likeness (QED) is 0.237. The second-order valence-corrected chi connectivity index (χ2v) is 6.34. The first-order valence-electron chi connectivity index (χ1n) is 9.15. The number of esters is 2. The van der Waals surface area contributed by atoms with Gasteiger partial charge in [-0.15, -0.1) is 0 Å². The van der Waals surface area contributed by atoms with E-state index in [1.807, 2.05) is 6.08 Å². The molecule has 1 rings (SSSR count). The van der Waals surface area contributed by atoms with Crippen LogP contribution in [0.3, 0.4) is 0 Å². The molecular formula is C19H32O3. The minimum atomic E-state index is -0.369. The summed E-state index contributed by atoms with van der Waals surface area (Å²) in [5.74, 6) is -0.957. The molecule has 1 aliphatic rings. The van der Waals surface area contributed by atoms with Crippen LogP contribution in [0.15, 0.2) is 12.2 Å². The van der Waals surface area contributed by atoms with E-state index in [4.69, 9.17) is 4.74 Å². The zero-order valence-electron chi connectivity index (χ0n) is 14.1. The summed E-state index contributed by atoms with van der Waals surface area (Å²) in [6.45, 7) is 2.24. The van der Waals surface area contributed by atoms with Gasteiger partial charge >= 0.3 is 11.9 Å². The van der Waals surface area contributed by atoms with Gasteiger partial charge in [0.15, 0.2) is 0 Å². The Balaban J connectivity index is 2.08. The zero-order valence-corrected chi connectivity index (χ0v) is 14.1. The van der Waals surface area contributed by atoms with Crippen LogP contribution < -0.4 is 0 Å². The molecule has 0 N–H and O–H groups in total. The Morgan fingerprint density at radius 3 is 2.41 bits per heavy atom. The molecule has 1 fully saturated rings. The van der Waals surface area contributed by atoms with Crippen LogP contribution in [0.5, 0.6) is 0 Å². The van der Waals surface area contributed by atoms with Gasteiger partial charge in [0.2, 0.25) is 0 Å². The molecule has 3 heteroatoms. The van der Waals surface area contributed by atoms with Crippen LogP contribution in [0.25, 0.3) is 0 Å². The zero-order chi connectivity index (χ0) is 16.0. The lowest BCUT2D eigenvalue weighted by Crippen LogP contribution is -2.22. The molecule has 0 amide bonds. The smallest absolute Gasteiger partial charge is 0.320 e. The van der Waals surface area contributed by atoms with Crippen molar-refractivity contribution < 1.29 is 14.3 Å². The number of rotatable bonds is 10. The van der Waals surface area contributed by atoms with Crippen molar-refractivity contribution in [1.29, 1.82) is 0 Å². The maximum atomic E-state index is 11.8. The molecule has 0 aromatic carbocycles. The van der Waals surface area contributed by atoms with E-state index in [1.54, 1.807) is 0 Å². The van der Waals surface area contributed by atoms with Crippen molar-refractivity contribution in [3.63, 3.8) is 0 Å². The maximum Gasteiger partial charge on any atom is 0.320 e. The SMILES string of the molecule is CCCCCCCCCCC=CC1CCCCC(=O)OC1=O. The van der Waals surface area contributed by atoms with E-state index in [0.717, 1.165) is 25.7 Å². The van der Waals surface area contributed by atoms with Crippen LogP contribution in [-0.2, 0) is 14.3 Å². The van der Waals surface area contributed by atoms with Crippen LogP contribution in [0.4, 0.5) is 0 Å². The second-order valence-electron chi connectivity index (χ2n) is 6.34. The number of carbonyl (C=O) groups excluding carboxylic acids is 2. The monoisotopic (exact) mass is 308 g/mol. The van der Waals surface area contributed by atoms with Gasteiger partial charge in [0.1, 0.15) is 0 Å². The van der Waals surface area contributed by atoms with Gasteiger partial charge in [-0.1, -0.05) is 70.4 Å². The molecule has 0 radical (unpaired) electrons. The first kappa shape index (κ1) is 18.9. The number of hydrogen-bond donors (Lipinski definition) is 0. The molecular weight excluding hydrogens is 276 g/mol. The summed E-state index contributed by atoms with van der Waals surface area (Å²) < 4.78 is 4.82. The fraction of sp³-hybridized carbons (Fsp3) is 0.789. The van der Waals surface area contributed by atoms with Gasteiger partial charge in [0, 0.05) is 6.42 Å². The Hall–Kier alpha value is -1.12. The number of ether oxygens (including phenoxy) is 1. The van der Waals surface area contributed by atoms with Crippen LogP contribution in [-0.4, -0.2) is 11.9 Å². The van der Waals surface area contributed by atoms with Crippen LogP contribution in [0.1, 0.15) is 90.4 Å². The van der Waals surface area contributed by atoms with Crippen LogP contribution >= 0.6 is 0 Å². The molecule has 3 nitrogen and oxygen atoms in total. The second kappa shape index (κ2) is 12.4. The van der Waals surface area contributed by atoms with Crippen molar-refractivity contribution in [2.24, 2.45) is 5.92 Å². The maximum absolute atomic E-state index is 11.8. The van der Waals surface area contributed by atoms with E-state index < -0.39 is 0 Å². The lowest BCUT2D eigenvalue weighted by atomic mass is 9.98. The Labute approximate surface area is 135 Å². The van der Waals surface area contributed by atoms with Gasteiger partial charge in [0.05, 0.1) is 5.92 Å². The standard InChI is InChI=1S/C19H32O3/c1-2-3-4-5-6-7-8-9-10-11-14-17-15-12-13-16-18(20)22-19(17)21/h11,14,17H,2-10,12-13,15-16H2,1H3. The molecule has 1 heterocycles.